The molecule has 8 heteroatoms. The van der Waals surface area contributed by atoms with Crippen LogP contribution in [0.4, 0.5) is 13.2 Å². The minimum absolute atomic E-state index is 0.0720. The van der Waals surface area contributed by atoms with Crippen molar-refractivity contribution in [1.29, 1.82) is 0 Å². The third kappa shape index (κ3) is 3.84. The fourth-order valence-electron chi connectivity index (χ4n) is 1.05. The van der Waals surface area contributed by atoms with Crippen molar-refractivity contribution in [3.05, 3.63) is 34.3 Å². The maximum absolute atomic E-state index is 12.3. The first-order chi connectivity index (χ1) is 7.09. The molecule has 0 spiro atoms. The van der Waals surface area contributed by atoms with E-state index in [1.807, 2.05) is 0 Å². The van der Waals surface area contributed by atoms with E-state index in [1.165, 1.54) is 0 Å². The molecule has 0 radical (unpaired) electrons. The van der Waals surface area contributed by atoms with Crippen LogP contribution in [0, 0.1) is 0 Å². The van der Waals surface area contributed by atoms with Crippen molar-refractivity contribution in [1.82, 2.24) is 0 Å². The Bertz CT molecular complexity index is 496. The standard InChI is InChI=1S/C8H5Cl2F3O2S/c9-7-2-1-6(8(11,12)13)3-5(7)4-16(10,14)15/h1-3H,4H2. The summed E-state index contributed by atoms with van der Waals surface area (Å²) in [6.07, 6.45) is -4.55. The van der Waals surface area contributed by atoms with E-state index in [2.05, 4.69) is 0 Å². The van der Waals surface area contributed by atoms with E-state index in [0.717, 1.165) is 12.1 Å². The number of rotatable bonds is 2. The highest BCUT2D eigenvalue weighted by Gasteiger charge is 2.31. The molecule has 0 amide bonds. The first-order valence-corrected chi connectivity index (χ1v) is 6.73. The molecule has 1 aromatic carbocycles. The third-order valence-electron chi connectivity index (χ3n) is 1.70. The summed E-state index contributed by atoms with van der Waals surface area (Å²) in [6, 6.07) is 2.43. The maximum Gasteiger partial charge on any atom is 0.416 e. The second-order valence-electron chi connectivity index (χ2n) is 2.99. The molecule has 0 saturated carbocycles. The summed E-state index contributed by atoms with van der Waals surface area (Å²) in [4.78, 5) is 0. The number of hydrogen-bond donors (Lipinski definition) is 0. The molecule has 0 aromatic heterocycles. The molecule has 0 saturated heterocycles. The second kappa shape index (κ2) is 4.43. The Morgan fingerprint density at radius 1 is 1.25 bits per heavy atom. The third-order valence-corrected chi connectivity index (χ3v) is 3.05. The largest absolute Gasteiger partial charge is 0.416 e. The van der Waals surface area contributed by atoms with Crippen molar-refractivity contribution in [2.24, 2.45) is 0 Å². The topological polar surface area (TPSA) is 34.1 Å². The van der Waals surface area contributed by atoms with Crippen LogP contribution in [0.2, 0.25) is 5.02 Å². The van der Waals surface area contributed by atoms with E-state index in [0.29, 0.717) is 6.07 Å². The van der Waals surface area contributed by atoms with E-state index in [-0.39, 0.29) is 10.6 Å². The number of hydrogen-bond acceptors (Lipinski definition) is 2. The van der Waals surface area contributed by atoms with E-state index in [9.17, 15) is 21.6 Å². The lowest BCUT2D eigenvalue weighted by atomic mass is 10.1. The van der Waals surface area contributed by atoms with Gasteiger partial charge >= 0.3 is 6.18 Å². The summed E-state index contributed by atoms with van der Waals surface area (Å²) in [5, 5.41) is -0.0720. The minimum Gasteiger partial charge on any atom is -0.212 e. The van der Waals surface area contributed by atoms with Gasteiger partial charge in [0.2, 0.25) is 9.05 Å². The number of halogens is 5. The normalized spacial score (nSPS) is 12.8. The predicted octanol–water partition coefficient (Wildman–Crippen LogP) is 3.43. The Labute approximate surface area is 99.4 Å². The van der Waals surface area contributed by atoms with Crippen molar-refractivity contribution < 1.29 is 21.6 Å². The SMILES string of the molecule is O=S(=O)(Cl)Cc1cc(C(F)(F)F)ccc1Cl. The van der Waals surface area contributed by atoms with E-state index in [1.54, 1.807) is 0 Å². The van der Waals surface area contributed by atoms with E-state index >= 15 is 0 Å². The molecule has 1 aromatic rings. The summed E-state index contributed by atoms with van der Waals surface area (Å²) in [5.41, 5.74) is -1.14. The van der Waals surface area contributed by atoms with Crippen molar-refractivity contribution in [2.75, 3.05) is 0 Å². The number of alkyl halides is 3. The summed E-state index contributed by atoms with van der Waals surface area (Å²) >= 11 is 5.56. The van der Waals surface area contributed by atoms with Gasteiger partial charge in [0, 0.05) is 15.7 Å². The average molecular weight is 293 g/mol. The van der Waals surface area contributed by atoms with Gasteiger partial charge < -0.3 is 0 Å². The summed E-state index contributed by atoms with van der Waals surface area (Å²) < 4.78 is 58.4. The predicted molar refractivity (Wildman–Crippen MR) is 54.9 cm³/mol. The fourth-order valence-corrected chi connectivity index (χ4v) is 2.27. The molecule has 0 fully saturated rings. The van der Waals surface area contributed by atoms with Crippen molar-refractivity contribution in [3.63, 3.8) is 0 Å². The monoisotopic (exact) mass is 292 g/mol. The van der Waals surface area contributed by atoms with Gasteiger partial charge in [0.15, 0.2) is 0 Å². The number of benzene rings is 1. The zero-order chi connectivity index (χ0) is 12.6. The van der Waals surface area contributed by atoms with Crippen LogP contribution in [0.5, 0.6) is 0 Å². The molecule has 1 rings (SSSR count). The zero-order valence-corrected chi connectivity index (χ0v) is 9.88. The second-order valence-corrected chi connectivity index (χ2v) is 6.17. The molecular weight excluding hydrogens is 288 g/mol. The van der Waals surface area contributed by atoms with Gasteiger partial charge in [0.05, 0.1) is 11.3 Å². The molecule has 2 nitrogen and oxygen atoms in total. The average Bonchev–Trinajstić information content (AvgIpc) is 2.04. The lowest BCUT2D eigenvalue weighted by molar-refractivity contribution is -0.137. The molecule has 16 heavy (non-hydrogen) atoms. The molecule has 0 N–H and O–H groups in total. The fraction of sp³-hybridized carbons (Fsp3) is 0.250. The van der Waals surface area contributed by atoms with Crippen LogP contribution < -0.4 is 0 Å². The quantitative estimate of drug-likeness (QED) is 0.783. The molecule has 0 unspecified atom stereocenters. The maximum atomic E-state index is 12.3. The zero-order valence-electron chi connectivity index (χ0n) is 7.55. The van der Waals surface area contributed by atoms with Gasteiger partial charge in [-0.1, -0.05) is 11.6 Å². The first-order valence-electron chi connectivity index (χ1n) is 3.87. The molecule has 0 aliphatic carbocycles. The minimum atomic E-state index is -4.55. The van der Waals surface area contributed by atoms with Crippen LogP contribution in [-0.4, -0.2) is 8.42 Å². The molecular formula is C8H5Cl2F3O2S. The molecule has 0 aliphatic heterocycles. The first kappa shape index (κ1) is 13.6. The van der Waals surface area contributed by atoms with Gasteiger partial charge in [0.1, 0.15) is 0 Å². The van der Waals surface area contributed by atoms with Crippen molar-refractivity contribution in [2.45, 2.75) is 11.9 Å². The van der Waals surface area contributed by atoms with E-state index in [4.69, 9.17) is 22.3 Å². The van der Waals surface area contributed by atoms with Crippen molar-refractivity contribution >= 4 is 31.3 Å². The van der Waals surface area contributed by atoms with Crippen molar-refractivity contribution in [3.8, 4) is 0 Å². The molecule has 0 heterocycles. The highest BCUT2D eigenvalue weighted by atomic mass is 35.7. The van der Waals surface area contributed by atoms with Gasteiger partial charge in [-0.05, 0) is 23.8 Å². The highest BCUT2D eigenvalue weighted by molar-refractivity contribution is 8.13. The Kier molecular flexibility index (Phi) is 3.76. The van der Waals surface area contributed by atoms with Gasteiger partial charge in [-0.2, -0.15) is 13.2 Å². The summed E-state index contributed by atoms with van der Waals surface area (Å²) in [5.74, 6) is -0.739. The van der Waals surface area contributed by atoms with Crippen LogP contribution in [0.25, 0.3) is 0 Å². The van der Waals surface area contributed by atoms with Crippen LogP contribution in [0.1, 0.15) is 11.1 Å². The lowest BCUT2D eigenvalue weighted by Gasteiger charge is -2.09. The summed E-state index contributed by atoms with van der Waals surface area (Å²) in [6.45, 7) is 0. The summed E-state index contributed by atoms with van der Waals surface area (Å²) in [7, 11) is 0.997. The van der Waals surface area contributed by atoms with Gasteiger partial charge in [-0.15, -0.1) is 0 Å². The Hall–Kier alpha value is -0.460. The van der Waals surface area contributed by atoms with Crippen LogP contribution in [-0.2, 0) is 21.0 Å². The van der Waals surface area contributed by atoms with Gasteiger partial charge in [0.25, 0.3) is 0 Å². The molecule has 0 atom stereocenters. The lowest BCUT2D eigenvalue weighted by Crippen LogP contribution is -2.06. The Morgan fingerprint density at radius 2 is 1.81 bits per heavy atom. The van der Waals surface area contributed by atoms with Gasteiger partial charge in [-0.25, -0.2) is 8.42 Å². The molecule has 90 valence electrons. The Morgan fingerprint density at radius 3 is 2.25 bits per heavy atom. The molecule has 0 bridgehead atoms. The molecule has 0 aliphatic rings. The highest BCUT2D eigenvalue weighted by Crippen LogP contribution is 2.32. The smallest absolute Gasteiger partial charge is 0.212 e. The van der Waals surface area contributed by atoms with Crippen LogP contribution in [0.3, 0.4) is 0 Å². The van der Waals surface area contributed by atoms with Crippen LogP contribution in [0.15, 0.2) is 18.2 Å². The van der Waals surface area contributed by atoms with Crippen LogP contribution >= 0.6 is 22.3 Å². The van der Waals surface area contributed by atoms with Gasteiger partial charge in [-0.3, -0.25) is 0 Å². The van der Waals surface area contributed by atoms with E-state index < -0.39 is 26.5 Å². The Balaban J connectivity index is 3.20.